The Kier molecular flexibility index (Phi) is 4.49. The Morgan fingerprint density at radius 1 is 1.26 bits per heavy atom. The molecular weight excluding hydrogens is 295 g/mol. The van der Waals surface area contributed by atoms with Crippen LogP contribution in [-0.2, 0) is 6.42 Å². The highest BCUT2D eigenvalue weighted by atomic mass is 32.2. The molecule has 0 aliphatic carbocycles. The van der Waals surface area contributed by atoms with E-state index >= 15 is 0 Å². The van der Waals surface area contributed by atoms with Crippen LogP contribution in [0.2, 0.25) is 0 Å². The smallest absolute Gasteiger partial charge is 0.388 e. The zero-order valence-electron chi connectivity index (χ0n) is 9.59. The van der Waals surface area contributed by atoms with E-state index < -0.39 is 11.6 Å². The van der Waals surface area contributed by atoms with Gasteiger partial charge in [0.1, 0.15) is 0 Å². The maximum Gasteiger partial charge on any atom is 0.446 e. The molecule has 1 unspecified atom stereocenters. The maximum absolute atomic E-state index is 12.2. The lowest BCUT2D eigenvalue weighted by molar-refractivity contribution is -0.0328. The zero-order valence-corrected chi connectivity index (χ0v) is 11.2. The average Bonchev–Trinajstić information content (AvgIpc) is 2.80. The van der Waals surface area contributed by atoms with E-state index in [0.29, 0.717) is 12.0 Å². The quantitative estimate of drug-likeness (QED) is 0.866. The van der Waals surface area contributed by atoms with Gasteiger partial charge in [0.25, 0.3) is 0 Å². The molecule has 2 nitrogen and oxygen atoms in total. The summed E-state index contributed by atoms with van der Waals surface area (Å²) in [6.45, 7) is 0. The first kappa shape index (κ1) is 14.4. The molecule has 0 bridgehead atoms. The molecule has 0 saturated carbocycles. The van der Waals surface area contributed by atoms with Gasteiger partial charge >= 0.3 is 5.51 Å². The Labute approximate surface area is 116 Å². The van der Waals surface area contributed by atoms with E-state index in [2.05, 4.69) is 4.98 Å². The van der Waals surface area contributed by atoms with Crippen molar-refractivity contribution in [2.24, 2.45) is 0 Å². The number of thioether (sulfide) groups is 1. The molecular formula is C12H10F3NOS2. The summed E-state index contributed by atoms with van der Waals surface area (Å²) in [4.78, 5) is 4.95. The summed E-state index contributed by atoms with van der Waals surface area (Å²) < 4.78 is 36.5. The molecule has 0 aliphatic rings. The van der Waals surface area contributed by atoms with Crippen LogP contribution in [0.25, 0.3) is 0 Å². The fraction of sp³-hybridized carbons (Fsp3) is 0.250. The molecule has 7 heteroatoms. The molecule has 1 aromatic heterocycles. The zero-order chi connectivity index (χ0) is 13.9. The molecule has 2 rings (SSSR count). The molecule has 0 amide bonds. The van der Waals surface area contributed by atoms with Gasteiger partial charge in [-0.2, -0.15) is 13.2 Å². The van der Waals surface area contributed by atoms with Crippen LogP contribution in [0.15, 0.2) is 40.9 Å². The highest BCUT2D eigenvalue weighted by Crippen LogP contribution is 2.37. The van der Waals surface area contributed by atoms with Gasteiger partial charge in [-0.25, -0.2) is 0 Å². The third kappa shape index (κ3) is 4.52. The lowest BCUT2D eigenvalue weighted by Gasteiger charge is -2.11. The van der Waals surface area contributed by atoms with E-state index in [1.807, 2.05) is 0 Å². The molecule has 1 atom stereocenters. The Balaban J connectivity index is 2.01. The number of benzene rings is 1. The van der Waals surface area contributed by atoms with Crippen molar-refractivity contribution in [1.29, 1.82) is 0 Å². The summed E-state index contributed by atoms with van der Waals surface area (Å²) in [7, 11) is 0. The minimum absolute atomic E-state index is 0.112. The van der Waals surface area contributed by atoms with Gasteiger partial charge in [0, 0.05) is 22.4 Å². The third-order valence-electron chi connectivity index (χ3n) is 2.38. The summed E-state index contributed by atoms with van der Waals surface area (Å²) in [5.74, 6) is 0. The topological polar surface area (TPSA) is 33.1 Å². The first-order valence-corrected chi connectivity index (χ1v) is 7.05. The predicted molar refractivity (Wildman–Crippen MR) is 69.1 cm³/mol. The lowest BCUT2D eigenvalue weighted by Crippen LogP contribution is -2.01. The molecule has 2 aromatic rings. The molecule has 0 fully saturated rings. The monoisotopic (exact) mass is 305 g/mol. The van der Waals surface area contributed by atoms with Gasteiger partial charge in [0.2, 0.25) is 0 Å². The predicted octanol–water partition coefficient (Wildman–Crippen LogP) is 4.03. The van der Waals surface area contributed by atoms with Crippen LogP contribution in [0, 0.1) is 0 Å². The second-order valence-corrected chi connectivity index (χ2v) is 5.91. The second kappa shape index (κ2) is 5.94. The van der Waals surface area contributed by atoms with Crippen molar-refractivity contribution >= 4 is 23.1 Å². The number of hydrogen-bond acceptors (Lipinski definition) is 4. The van der Waals surface area contributed by atoms with Gasteiger partial charge in [0.15, 0.2) is 0 Å². The van der Waals surface area contributed by atoms with E-state index in [-0.39, 0.29) is 16.7 Å². The van der Waals surface area contributed by atoms with Crippen LogP contribution in [0.1, 0.15) is 16.5 Å². The van der Waals surface area contributed by atoms with Gasteiger partial charge in [-0.15, -0.1) is 11.3 Å². The van der Waals surface area contributed by atoms with E-state index in [0.717, 1.165) is 4.88 Å². The van der Waals surface area contributed by atoms with Crippen LogP contribution in [-0.4, -0.2) is 15.6 Å². The van der Waals surface area contributed by atoms with Crippen molar-refractivity contribution in [2.45, 2.75) is 22.9 Å². The number of thiazole rings is 1. The van der Waals surface area contributed by atoms with Crippen molar-refractivity contribution in [3.05, 3.63) is 46.4 Å². The number of aliphatic hydroxyl groups is 1. The SMILES string of the molecule is OC(Cc1cncs1)c1ccc(SC(F)(F)F)cc1. The minimum atomic E-state index is -4.29. The van der Waals surface area contributed by atoms with E-state index in [1.165, 1.54) is 35.6 Å². The summed E-state index contributed by atoms with van der Waals surface area (Å²) in [6, 6.07) is 5.76. The van der Waals surface area contributed by atoms with Crippen molar-refractivity contribution < 1.29 is 18.3 Å². The lowest BCUT2D eigenvalue weighted by atomic mass is 10.1. The van der Waals surface area contributed by atoms with Crippen LogP contribution in [0.5, 0.6) is 0 Å². The fourth-order valence-corrected chi connectivity index (χ4v) is 2.72. The Hall–Kier alpha value is -1.05. The van der Waals surface area contributed by atoms with Crippen LogP contribution >= 0.6 is 23.1 Å². The summed E-state index contributed by atoms with van der Waals surface area (Å²) >= 11 is 1.27. The molecule has 19 heavy (non-hydrogen) atoms. The summed E-state index contributed by atoms with van der Waals surface area (Å²) in [5.41, 5.74) is -2.02. The first-order valence-electron chi connectivity index (χ1n) is 5.35. The second-order valence-electron chi connectivity index (χ2n) is 3.80. The van der Waals surface area contributed by atoms with Gasteiger partial charge in [-0.1, -0.05) is 12.1 Å². The molecule has 0 spiro atoms. The summed E-state index contributed by atoms with van der Waals surface area (Å²) in [5, 5.41) is 9.97. The van der Waals surface area contributed by atoms with E-state index in [1.54, 1.807) is 11.7 Å². The number of alkyl halides is 3. The molecule has 1 aromatic carbocycles. The first-order chi connectivity index (χ1) is 8.94. The highest BCUT2D eigenvalue weighted by Gasteiger charge is 2.29. The third-order valence-corrected chi connectivity index (χ3v) is 3.92. The van der Waals surface area contributed by atoms with Crippen molar-refractivity contribution in [3.8, 4) is 0 Å². The molecule has 0 aliphatic heterocycles. The Morgan fingerprint density at radius 2 is 1.95 bits per heavy atom. The molecule has 1 N–H and O–H groups in total. The van der Waals surface area contributed by atoms with E-state index in [4.69, 9.17) is 0 Å². The Bertz CT molecular complexity index is 511. The van der Waals surface area contributed by atoms with Crippen molar-refractivity contribution in [2.75, 3.05) is 0 Å². The van der Waals surface area contributed by atoms with Gasteiger partial charge in [-0.05, 0) is 29.5 Å². The minimum Gasteiger partial charge on any atom is -0.388 e. The largest absolute Gasteiger partial charge is 0.446 e. The highest BCUT2D eigenvalue weighted by molar-refractivity contribution is 8.00. The van der Waals surface area contributed by atoms with Crippen LogP contribution < -0.4 is 0 Å². The van der Waals surface area contributed by atoms with Gasteiger partial charge in [0.05, 0.1) is 11.6 Å². The number of hydrogen-bond donors (Lipinski definition) is 1. The van der Waals surface area contributed by atoms with Gasteiger partial charge in [-0.3, -0.25) is 4.98 Å². The average molecular weight is 305 g/mol. The van der Waals surface area contributed by atoms with Crippen LogP contribution in [0.4, 0.5) is 13.2 Å². The maximum atomic E-state index is 12.2. The van der Waals surface area contributed by atoms with Crippen molar-refractivity contribution in [3.63, 3.8) is 0 Å². The van der Waals surface area contributed by atoms with Crippen molar-refractivity contribution in [1.82, 2.24) is 4.98 Å². The number of rotatable bonds is 4. The van der Waals surface area contributed by atoms with Crippen LogP contribution in [0.3, 0.4) is 0 Å². The number of aliphatic hydroxyl groups excluding tert-OH is 1. The number of aromatic nitrogens is 1. The fourth-order valence-electron chi connectivity index (χ4n) is 1.54. The van der Waals surface area contributed by atoms with Gasteiger partial charge < -0.3 is 5.11 Å². The number of nitrogens with zero attached hydrogens (tertiary/aromatic N) is 1. The normalized spacial score (nSPS) is 13.5. The molecule has 0 saturated heterocycles. The molecule has 0 radical (unpaired) electrons. The molecule has 1 heterocycles. The molecule has 102 valence electrons. The summed E-state index contributed by atoms with van der Waals surface area (Å²) in [6.07, 6.45) is 1.35. The van der Waals surface area contributed by atoms with E-state index in [9.17, 15) is 18.3 Å². The standard InChI is InChI=1S/C12H10F3NOS2/c13-12(14,15)19-9-3-1-8(2-4-9)11(17)5-10-6-16-7-18-10/h1-4,6-7,11,17H,5H2. The number of halogens is 3. The Morgan fingerprint density at radius 3 is 2.47 bits per heavy atom.